The molecule has 0 unspecified atom stereocenters. The van der Waals surface area contributed by atoms with Gasteiger partial charge in [-0.3, -0.25) is 14.3 Å². The molecule has 0 bridgehead atoms. The molecular formula is C19H22N2O6S. The van der Waals surface area contributed by atoms with Crippen LogP contribution in [0.1, 0.15) is 12.5 Å². The highest BCUT2D eigenvalue weighted by Gasteiger charge is 2.24. The van der Waals surface area contributed by atoms with Crippen molar-refractivity contribution >= 4 is 27.7 Å². The summed E-state index contributed by atoms with van der Waals surface area (Å²) in [6, 6.07) is 11.0. The van der Waals surface area contributed by atoms with Gasteiger partial charge in [0.1, 0.15) is 0 Å². The minimum absolute atomic E-state index is 0.0655. The molecule has 2 N–H and O–H groups in total. The number of amides is 1. The fraction of sp³-hybridized carbons (Fsp3) is 0.211. The topological polar surface area (TPSA) is 105 Å². The summed E-state index contributed by atoms with van der Waals surface area (Å²) in [6.45, 7) is 1.92. The average molecular weight is 406 g/mol. The number of benzene rings is 2. The van der Waals surface area contributed by atoms with Crippen LogP contribution in [0.15, 0.2) is 53.4 Å². The van der Waals surface area contributed by atoms with Crippen molar-refractivity contribution in [2.75, 3.05) is 25.1 Å². The van der Waals surface area contributed by atoms with Crippen LogP contribution < -0.4 is 19.3 Å². The lowest BCUT2D eigenvalue weighted by Gasteiger charge is -2.24. The molecule has 0 atom stereocenters. The molecular weight excluding hydrogens is 384 g/mol. The van der Waals surface area contributed by atoms with E-state index in [0.29, 0.717) is 22.7 Å². The normalized spacial score (nSPS) is 11.3. The number of rotatable bonds is 8. The fourth-order valence-electron chi connectivity index (χ4n) is 2.59. The molecule has 0 aromatic heterocycles. The molecule has 0 saturated carbocycles. The van der Waals surface area contributed by atoms with Crippen molar-refractivity contribution in [1.82, 2.24) is 5.48 Å². The van der Waals surface area contributed by atoms with Crippen LogP contribution in [0, 0.1) is 0 Å². The van der Waals surface area contributed by atoms with Crippen molar-refractivity contribution in [2.24, 2.45) is 0 Å². The molecule has 0 radical (unpaired) electrons. The van der Waals surface area contributed by atoms with Crippen LogP contribution in [-0.4, -0.2) is 40.3 Å². The number of hydrogen-bond acceptors (Lipinski definition) is 6. The van der Waals surface area contributed by atoms with Crippen LogP contribution in [0.4, 0.5) is 5.69 Å². The Kier molecular flexibility index (Phi) is 7.02. The van der Waals surface area contributed by atoms with Crippen LogP contribution in [0.2, 0.25) is 0 Å². The number of sulfonamides is 1. The number of methoxy groups -OCH3 is 2. The first-order valence-electron chi connectivity index (χ1n) is 8.34. The van der Waals surface area contributed by atoms with E-state index in [-0.39, 0.29) is 11.4 Å². The number of hydroxylamine groups is 1. The summed E-state index contributed by atoms with van der Waals surface area (Å²) in [7, 11) is -0.883. The molecule has 150 valence electrons. The smallest absolute Gasteiger partial charge is 0.267 e. The highest BCUT2D eigenvalue weighted by atomic mass is 32.2. The Hall–Kier alpha value is -3.04. The van der Waals surface area contributed by atoms with Gasteiger partial charge in [0.05, 0.1) is 24.8 Å². The van der Waals surface area contributed by atoms with Gasteiger partial charge in [-0.2, -0.15) is 0 Å². The van der Waals surface area contributed by atoms with Gasteiger partial charge in [0.15, 0.2) is 11.5 Å². The monoisotopic (exact) mass is 406 g/mol. The zero-order chi connectivity index (χ0) is 20.7. The molecule has 0 spiro atoms. The van der Waals surface area contributed by atoms with Crippen LogP contribution in [0.5, 0.6) is 11.5 Å². The van der Waals surface area contributed by atoms with Crippen molar-refractivity contribution in [3.63, 3.8) is 0 Å². The van der Waals surface area contributed by atoms with Crippen molar-refractivity contribution < 1.29 is 27.9 Å². The van der Waals surface area contributed by atoms with E-state index in [0.717, 1.165) is 6.08 Å². The van der Waals surface area contributed by atoms with Gasteiger partial charge < -0.3 is 9.47 Å². The maximum Gasteiger partial charge on any atom is 0.267 e. The van der Waals surface area contributed by atoms with Crippen LogP contribution >= 0.6 is 0 Å². The van der Waals surface area contributed by atoms with E-state index >= 15 is 0 Å². The molecule has 2 aromatic carbocycles. The Morgan fingerprint density at radius 1 is 1.14 bits per heavy atom. The largest absolute Gasteiger partial charge is 0.493 e. The Labute approximate surface area is 164 Å². The first-order chi connectivity index (χ1) is 13.4. The van der Waals surface area contributed by atoms with Gasteiger partial charge >= 0.3 is 0 Å². The third-order valence-electron chi connectivity index (χ3n) is 3.93. The molecule has 0 aliphatic carbocycles. The molecule has 2 rings (SSSR count). The van der Waals surface area contributed by atoms with Gasteiger partial charge in [-0.25, -0.2) is 13.9 Å². The van der Waals surface area contributed by atoms with Gasteiger partial charge in [-0.15, -0.1) is 0 Å². The predicted octanol–water partition coefficient (Wildman–Crippen LogP) is 2.44. The van der Waals surface area contributed by atoms with E-state index in [1.807, 2.05) is 0 Å². The number of nitrogens with one attached hydrogen (secondary N) is 1. The van der Waals surface area contributed by atoms with E-state index in [1.165, 1.54) is 42.2 Å². The summed E-state index contributed by atoms with van der Waals surface area (Å²) in [6.07, 6.45) is 2.49. The van der Waals surface area contributed by atoms with Crippen LogP contribution in [0.3, 0.4) is 0 Å². The number of nitrogens with zero attached hydrogens (tertiary/aromatic N) is 1. The fourth-order valence-corrected chi connectivity index (χ4v) is 4.11. The lowest BCUT2D eigenvalue weighted by molar-refractivity contribution is -0.124. The predicted molar refractivity (Wildman–Crippen MR) is 105 cm³/mol. The van der Waals surface area contributed by atoms with E-state index in [1.54, 1.807) is 37.3 Å². The van der Waals surface area contributed by atoms with E-state index in [9.17, 15) is 13.2 Å². The second kappa shape index (κ2) is 9.25. The summed E-state index contributed by atoms with van der Waals surface area (Å²) < 4.78 is 38.1. The summed E-state index contributed by atoms with van der Waals surface area (Å²) >= 11 is 0. The van der Waals surface area contributed by atoms with Crippen molar-refractivity contribution in [1.29, 1.82) is 0 Å². The third-order valence-corrected chi connectivity index (χ3v) is 5.82. The second-order valence-corrected chi connectivity index (χ2v) is 7.45. The molecule has 2 aromatic rings. The summed E-state index contributed by atoms with van der Waals surface area (Å²) in [5.74, 6) is 0.197. The first-order valence-corrected chi connectivity index (χ1v) is 9.78. The van der Waals surface area contributed by atoms with E-state index in [2.05, 4.69) is 0 Å². The lowest BCUT2D eigenvalue weighted by atomic mass is 10.2. The molecule has 8 nitrogen and oxygen atoms in total. The van der Waals surface area contributed by atoms with Crippen LogP contribution in [0.25, 0.3) is 6.08 Å². The number of anilines is 1. The molecule has 9 heteroatoms. The summed E-state index contributed by atoms with van der Waals surface area (Å²) in [5, 5.41) is 8.53. The number of carbonyl (C=O) groups is 1. The molecule has 0 heterocycles. The zero-order valence-corrected chi connectivity index (χ0v) is 16.6. The number of ether oxygens (including phenoxy) is 2. The lowest BCUT2D eigenvalue weighted by Crippen LogP contribution is -2.30. The van der Waals surface area contributed by atoms with Crippen molar-refractivity contribution in [2.45, 2.75) is 11.8 Å². The van der Waals surface area contributed by atoms with Gasteiger partial charge in [0, 0.05) is 18.7 Å². The standard InChI is InChI=1S/C19H22N2O6S/c1-4-21(15-9-10-17(26-2)18(13-15)27-3)28(24,25)16-7-5-6-14(12-16)8-11-19(22)20-23/h5-13,23H,4H2,1-3H3,(H,20,22). The van der Waals surface area contributed by atoms with Gasteiger partial charge in [-0.1, -0.05) is 12.1 Å². The van der Waals surface area contributed by atoms with Crippen molar-refractivity contribution in [3.8, 4) is 11.5 Å². The SMILES string of the molecule is CCN(c1ccc(OC)c(OC)c1)S(=O)(=O)c1cccc(C=CC(=O)NO)c1. The summed E-state index contributed by atoms with van der Waals surface area (Å²) in [5.41, 5.74) is 2.40. The van der Waals surface area contributed by atoms with Crippen LogP contribution in [-0.2, 0) is 14.8 Å². The Morgan fingerprint density at radius 2 is 1.86 bits per heavy atom. The molecule has 0 fully saturated rings. The number of hydrogen-bond donors (Lipinski definition) is 2. The Morgan fingerprint density at radius 3 is 2.46 bits per heavy atom. The minimum Gasteiger partial charge on any atom is -0.493 e. The maximum absolute atomic E-state index is 13.2. The van der Waals surface area contributed by atoms with Gasteiger partial charge in [0.2, 0.25) is 0 Å². The van der Waals surface area contributed by atoms with E-state index in [4.69, 9.17) is 14.7 Å². The Balaban J connectivity index is 2.44. The van der Waals surface area contributed by atoms with Crippen molar-refractivity contribution in [3.05, 3.63) is 54.1 Å². The molecule has 0 aliphatic heterocycles. The maximum atomic E-state index is 13.2. The highest BCUT2D eigenvalue weighted by Crippen LogP contribution is 2.33. The zero-order valence-electron chi connectivity index (χ0n) is 15.7. The van der Waals surface area contributed by atoms with E-state index < -0.39 is 15.9 Å². The molecule has 28 heavy (non-hydrogen) atoms. The first kappa shape index (κ1) is 21.3. The quantitative estimate of drug-likeness (QED) is 0.396. The Bertz CT molecular complexity index is 972. The molecule has 0 saturated heterocycles. The highest BCUT2D eigenvalue weighted by molar-refractivity contribution is 7.92. The number of carbonyl (C=O) groups excluding carboxylic acids is 1. The minimum atomic E-state index is -3.86. The summed E-state index contributed by atoms with van der Waals surface area (Å²) in [4.78, 5) is 11.2. The molecule has 1 amide bonds. The average Bonchev–Trinajstić information content (AvgIpc) is 2.72. The van der Waals surface area contributed by atoms with Gasteiger partial charge in [0.25, 0.3) is 15.9 Å². The van der Waals surface area contributed by atoms with Gasteiger partial charge in [-0.05, 0) is 42.8 Å². The third kappa shape index (κ3) is 4.62. The molecule has 0 aliphatic rings. The second-order valence-electron chi connectivity index (χ2n) is 5.59.